The number of hydrogen-bond acceptors (Lipinski definition) is 3. The zero-order valence-corrected chi connectivity index (χ0v) is 11.1. The molecule has 0 bridgehead atoms. The molecule has 0 N–H and O–H groups in total. The lowest BCUT2D eigenvalue weighted by Gasteiger charge is -2.27. The summed E-state index contributed by atoms with van der Waals surface area (Å²) in [4.78, 5) is 0. The van der Waals surface area contributed by atoms with E-state index in [9.17, 15) is 17.6 Å². The van der Waals surface area contributed by atoms with Gasteiger partial charge in [0.15, 0.2) is 11.5 Å². The maximum atomic E-state index is 14.2. The van der Waals surface area contributed by atoms with Crippen LogP contribution in [0.25, 0.3) is 0 Å². The van der Waals surface area contributed by atoms with Crippen LogP contribution in [0.15, 0.2) is 12.1 Å². The van der Waals surface area contributed by atoms with Crippen molar-refractivity contribution in [3.63, 3.8) is 0 Å². The highest BCUT2D eigenvalue weighted by molar-refractivity contribution is 5.47. The summed E-state index contributed by atoms with van der Waals surface area (Å²) >= 11 is 0. The number of rotatable bonds is 5. The highest BCUT2D eigenvalue weighted by atomic mass is 19.4. The molecule has 21 heavy (non-hydrogen) atoms. The maximum Gasteiger partial charge on any atom is 0.573 e. The molecule has 0 heterocycles. The van der Waals surface area contributed by atoms with E-state index >= 15 is 0 Å². The van der Waals surface area contributed by atoms with Gasteiger partial charge in [-0.15, -0.1) is 13.2 Å². The predicted molar refractivity (Wildman–Crippen MR) is 65.0 cm³/mol. The minimum Gasteiger partial charge on any atom is -0.487 e. The van der Waals surface area contributed by atoms with Gasteiger partial charge in [0.05, 0.1) is 12.2 Å². The van der Waals surface area contributed by atoms with E-state index in [0.29, 0.717) is 0 Å². The van der Waals surface area contributed by atoms with E-state index in [1.807, 2.05) is 0 Å². The van der Waals surface area contributed by atoms with Crippen molar-refractivity contribution in [3.8, 4) is 17.2 Å². The molecule has 0 saturated heterocycles. The molecule has 2 aliphatic carbocycles. The van der Waals surface area contributed by atoms with Crippen LogP contribution in [0, 0.1) is 5.82 Å². The van der Waals surface area contributed by atoms with Crippen molar-refractivity contribution >= 4 is 0 Å². The average molecular weight is 306 g/mol. The average Bonchev–Trinajstić information content (AvgIpc) is 3.13. The molecule has 2 fully saturated rings. The van der Waals surface area contributed by atoms with Crippen LogP contribution >= 0.6 is 0 Å². The van der Waals surface area contributed by atoms with E-state index in [1.54, 1.807) is 0 Å². The van der Waals surface area contributed by atoms with Crippen molar-refractivity contribution in [2.75, 3.05) is 0 Å². The first-order chi connectivity index (χ1) is 9.92. The van der Waals surface area contributed by atoms with Crippen LogP contribution in [0.4, 0.5) is 17.6 Å². The summed E-state index contributed by atoms with van der Waals surface area (Å²) in [5.41, 5.74) is 0. The minimum absolute atomic E-state index is 0.128. The van der Waals surface area contributed by atoms with E-state index in [1.165, 1.54) is 12.1 Å². The number of benzene rings is 1. The lowest BCUT2D eigenvalue weighted by atomic mass is 9.96. The van der Waals surface area contributed by atoms with Crippen molar-refractivity contribution in [1.29, 1.82) is 0 Å². The molecule has 0 aliphatic heterocycles. The van der Waals surface area contributed by atoms with Gasteiger partial charge >= 0.3 is 6.36 Å². The first-order valence-corrected chi connectivity index (χ1v) is 6.84. The molecule has 2 aliphatic rings. The van der Waals surface area contributed by atoms with E-state index in [2.05, 4.69) is 4.74 Å². The Labute approximate surface area is 118 Å². The molecule has 0 unspecified atom stereocenters. The summed E-state index contributed by atoms with van der Waals surface area (Å²) in [5, 5.41) is 0. The van der Waals surface area contributed by atoms with Gasteiger partial charge in [-0.3, -0.25) is 0 Å². The Morgan fingerprint density at radius 2 is 1.48 bits per heavy atom. The fourth-order valence-corrected chi connectivity index (χ4v) is 1.95. The number of alkyl halides is 3. The summed E-state index contributed by atoms with van der Waals surface area (Å²) in [5.74, 6) is -2.60. The second kappa shape index (κ2) is 5.27. The van der Waals surface area contributed by atoms with Gasteiger partial charge in [-0.25, -0.2) is 0 Å². The Balaban J connectivity index is 1.87. The Hall–Kier alpha value is -1.66. The SMILES string of the molecule is Fc1c(OC2CC2)ccc(OC2CCC2)c1OC(F)(F)F. The van der Waals surface area contributed by atoms with Gasteiger partial charge in [-0.1, -0.05) is 0 Å². The zero-order chi connectivity index (χ0) is 15.0. The Morgan fingerprint density at radius 1 is 0.905 bits per heavy atom. The van der Waals surface area contributed by atoms with Gasteiger partial charge in [0.25, 0.3) is 0 Å². The van der Waals surface area contributed by atoms with Crippen LogP contribution in [0.3, 0.4) is 0 Å². The van der Waals surface area contributed by atoms with Crippen LogP contribution in [-0.4, -0.2) is 18.6 Å². The zero-order valence-electron chi connectivity index (χ0n) is 11.1. The topological polar surface area (TPSA) is 27.7 Å². The molecule has 1 aromatic rings. The molecule has 3 rings (SSSR count). The first-order valence-electron chi connectivity index (χ1n) is 6.84. The van der Waals surface area contributed by atoms with Gasteiger partial charge in [0.2, 0.25) is 11.6 Å². The second-order valence-electron chi connectivity index (χ2n) is 5.24. The summed E-state index contributed by atoms with van der Waals surface area (Å²) in [6.45, 7) is 0. The van der Waals surface area contributed by atoms with Crippen LogP contribution in [0.1, 0.15) is 32.1 Å². The fraction of sp³-hybridized carbons (Fsp3) is 0.571. The molecule has 1 aromatic carbocycles. The van der Waals surface area contributed by atoms with Gasteiger partial charge in [0.1, 0.15) is 0 Å². The van der Waals surface area contributed by atoms with Crippen LogP contribution in [0.5, 0.6) is 17.2 Å². The summed E-state index contributed by atoms with van der Waals surface area (Å²) < 4.78 is 66.0. The Bertz CT molecular complexity index is 522. The largest absolute Gasteiger partial charge is 0.573 e. The second-order valence-corrected chi connectivity index (χ2v) is 5.24. The monoisotopic (exact) mass is 306 g/mol. The third kappa shape index (κ3) is 3.51. The number of ether oxygens (including phenoxy) is 3. The number of hydrogen-bond donors (Lipinski definition) is 0. The predicted octanol–water partition coefficient (Wildman–Crippen LogP) is 4.20. The van der Waals surface area contributed by atoms with Crippen LogP contribution in [-0.2, 0) is 0 Å². The van der Waals surface area contributed by atoms with Crippen molar-refractivity contribution < 1.29 is 31.8 Å². The molecule has 116 valence electrons. The van der Waals surface area contributed by atoms with E-state index in [4.69, 9.17) is 9.47 Å². The third-order valence-electron chi connectivity index (χ3n) is 3.41. The maximum absolute atomic E-state index is 14.2. The molecule has 7 heteroatoms. The highest BCUT2D eigenvalue weighted by Crippen LogP contribution is 2.42. The van der Waals surface area contributed by atoms with Crippen molar-refractivity contribution in [3.05, 3.63) is 17.9 Å². The third-order valence-corrected chi connectivity index (χ3v) is 3.41. The summed E-state index contributed by atoms with van der Waals surface area (Å²) in [6, 6.07) is 2.55. The Morgan fingerprint density at radius 3 is 2.00 bits per heavy atom. The van der Waals surface area contributed by atoms with Crippen LogP contribution in [0.2, 0.25) is 0 Å². The lowest BCUT2D eigenvalue weighted by Crippen LogP contribution is -2.26. The van der Waals surface area contributed by atoms with Crippen LogP contribution < -0.4 is 14.2 Å². The first kappa shape index (κ1) is 14.3. The molecule has 0 amide bonds. The van der Waals surface area contributed by atoms with E-state index in [0.717, 1.165) is 32.1 Å². The standard InChI is InChI=1S/C14H14F4O3/c15-12-10(19-9-4-5-9)6-7-11(20-8-2-1-3-8)13(12)21-14(16,17)18/h6-9H,1-5H2. The molecule has 0 aromatic heterocycles. The smallest absolute Gasteiger partial charge is 0.487 e. The molecule has 0 spiro atoms. The molecule has 0 atom stereocenters. The fourth-order valence-electron chi connectivity index (χ4n) is 1.95. The molecule has 0 radical (unpaired) electrons. The molecule has 2 saturated carbocycles. The van der Waals surface area contributed by atoms with E-state index in [-0.39, 0.29) is 23.7 Å². The summed E-state index contributed by atoms with van der Waals surface area (Å²) in [7, 11) is 0. The van der Waals surface area contributed by atoms with Gasteiger partial charge in [0, 0.05) is 0 Å². The molecule has 3 nitrogen and oxygen atoms in total. The quantitative estimate of drug-likeness (QED) is 0.763. The normalized spacial score (nSPS) is 19.0. The minimum atomic E-state index is -4.99. The van der Waals surface area contributed by atoms with Crippen molar-refractivity contribution in [2.45, 2.75) is 50.7 Å². The van der Waals surface area contributed by atoms with Crippen molar-refractivity contribution in [1.82, 2.24) is 0 Å². The van der Waals surface area contributed by atoms with Gasteiger partial charge in [-0.05, 0) is 44.2 Å². The molecular formula is C14H14F4O3. The molecular weight excluding hydrogens is 292 g/mol. The highest BCUT2D eigenvalue weighted by Gasteiger charge is 2.36. The van der Waals surface area contributed by atoms with Gasteiger partial charge in [-0.2, -0.15) is 4.39 Å². The van der Waals surface area contributed by atoms with E-state index < -0.39 is 17.9 Å². The van der Waals surface area contributed by atoms with Crippen molar-refractivity contribution in [2.24, 2.45) is 0 Å². The Kier molecular flexibility index (Phi) is 3.59. The number of halogens is 4. The summed E-state index contributed by atoms with van der Waals surface area (Å²) in [6.07, 6.45) is -1.32. The van der Waals surface area contributed by atoms with Gasteiger partial charge < -0.3 is 14.2 Å². The lowest BCUT2D eigenvalue weighted by molar-refractivity contribution is -0.276.